The summed E-state index contributed by atoms with van der Waals surface area (Å²) in [6, 6.07) is 12.4. The van der Waals surface area contributed by atoms with Gasteiger partial charge in [-0.25, -0.2) is 0 Å². The van der Waals surface area contributed by atoms with Crippen LogP contribution >= 0.6 is 11.3 Å². The highest BCUT2D eigenvalue weighted by Crippen LogP contribution is 2.32. The van der Waals surface area contributed by atoms with Crippen LogP contribution in [-0.4, -0.2) is 5.11 Å². The van der Waals surface area contributed by atoms with Gasteiger partial charge in [0.1, 0.15) is 0 Å². The third-order valence-electron chi connectivity index (χ3n) is 3.15. The monoisotopic (exact) mass is 246 g/mol. The second kappa shape index (κ2) is 5.48. The zero-order valence-corrected chi connectivity index (χ0v) is 11.1. The first kappa shape index (κ1) is 12.3. The van der Waals surface area contributed by atoms with Crippen LogP contribution in [0.2, 0.25) is 0 Å². The van der Waals surface area contributed by atoms with Crippen molar-refractivity contribution in [1.29, 1.82) is 0 Å². The molecular formula is C15H18OS. The highest BCUT2D eigenvalue weighted by Gasteiger charge is 2.16. The van der Waals surface area contributed by atoms with Gasteiger partial charge in [-0.15, -0.1) is 11.3 Å². The van der Waals surface area contributed by atoms with E-state index >= 15 is 0 Å². The van der Waals surface area contributed by atoms with Crippen molar-refractivity contribution >= 4 is 11.3 Å². The molecule has 0 spiro atoms. The summed E-state index contributed by atoms with van der Waals surface area (Å²) in [7, 11) is 0. The van der Waals surface area contributed by atoms with Crippen LogP contribution in [0.4, 0.5) is 0 Å². The Morgan fingerprint density at radius 3 is 2.47 bits per heavy atom. The fraction of sp³-hybridized carbons (Fsp3) is 0.333. The Labute approximate surface area is 107 Å². The molecule has 0 aliphatic carbocycles. The van der Waals surface area contributed by atoms with Crippen LogP contribution in [-0.2, 0) is 0 Å². The van der Waals surface area contributed by atoms with Gasteiger partial charge in [-0.1, -0.05) is 37.3 Å². The highest BCUT2D eigenvalue weighted by molar-refractivity contribution is 7.10. The molecular weight excluding hydrogens is 228 g/mol. The maximum Gasteiger partial charge on any atom is 0.0890 e. The topological polar surface area (TPSA) is 20.2 Å². The van der Waals surface area contributed by atoms with E-state index in [4.69, 9.17) is 0 Å². The van der Waals surface area contributed by atoms with Crippen molar-refractivity contribution in [2.45, 2.75) is 32.3 Å². The molecule has 0 aliphatic rings. The molecule has 0 amide bonds. The largest absolute Gasteiger partial charge is 0.388 e. The Morgan fingerprint density at radius 2 is 1.88 bits per heavy atom. The van der Waals surface area contributed by atoms with Crippen molar-refractivity contribution in [2.24, 2.45) is 0 Å². The van der Waals surface area contributed by atoms with Crippen molar-refractivity contribution in [2.75, 3.05) is 0 Å². The maximum atomic E-state index is 10.2. The summed E-state index contributed by atoms with van der Waals surface area (Å²) < 4.78 is 0. The molecule has 0 aliphatic heterocycles. The molecule has 1 aromatic heterocycles. The van der Waals surface area contributed by atoms with Gasteiger partial charge in [-0.05, 0) is 41.8 Å². The first-order valence-electron chi connectivity index (χ1n) is 5.95. The molecule has 0 saturated carbocycles. The first-order chi connectivity index (χ1) is 8.18. The third kappa shape index (κ3) is 2.96. The zero-order valence-electron chi connectivity index (χ0n) is 10.3. The Morgan fingerprint density at radius 1 is 1.18 bits per heavy atom. The standard InChI is InChI=1S/C15H18OS/c1-11-8-9-17-15(11)14(16)10-12(2)13-6-4-3-5-7-13/h3-9,12,14,16H,10H2,1-2H3. The van der Waals surface area contributed by atoms with E-state index in [1.54, 1.807) is 11.3 Å². The van der Waals surface area contributed by atoms with Gasteiger partial charge < -0.3 is 5.11 Å². The molecule has 1 heterocycles. The molecule has 1 aromatic carbocycles. The summed E-state index contributed by atoms with van der Waals surface area (Å²) >= 11 is 1.64. The van der Waals surface area contributed by atoms with Crippen molar-refractivity contribution in [3.63, 3.8) is 0 Å². The van der Waals surface area contributed by atoms with Crippen LogP contribution in [0.25, 0.3) is 0 Å². The maximum absolute atomic E-state index is 10.2. The highest BCUT2D eigenvalue weighted by atomic mass is 32.1. The number of aliphatic hydroxyl groups is 1. The Kier molecular flexibility index (Phi) is 3.97. The second-order valence-corrected chi connectivity index (χ2v) is 5.48. The van der Waals surface area contributed by atoms with E-state index in [0.29, 0.717) is 5.92 Å². The minimum Gasteiger partial charge on any atom is -0.388 e. The van der Waals surface area contributed by atoms with Gasteiger partial charge >= 0.3 is 0 Å². The lowest BCUT2D eigenvalue weighted by Gasteiger charge is -2.16. The molecule has 2 atom stereocenters. The van der Waals surface area contributed by atoms with Crippen LogP contribution in [0.3, 0.4) is 0 Å². The lowest BCUT2D eigenvalue weighted by atomic mass is 9.94. The van der Waals surface area contributed by atoms with Crippen LogP contribution in [0.15, 0.2) is 41.8 Å². The summed E-state index contributed by atoms with van der Waals surface area (Å²) in [4.78, 5) is 1.10. The smallest absolute Gasteiger partial charge is 0.0890 e. The molecule has 0 fully saturated rings. The van der Waals surface area contributed by atoms with Gasteiger partial charge in [0.2, 0.25) is 0 Å². The zero-order chi connectivity index (χ0) is 12.3. The molecule has 1 nitrogen and oxygen atoms in total. The van der Waals surface area contributed by atoms with Crippen LogP contribution < -0.4 is 0 Å². The number of aryl methyl sites for hydroxylation is 1. The summed E-state index contributed by atoms with van der Waals surface area (Å²) in [5.74, 6) is 0.382. The lowest BCUT2D eigenvalue weighted by Crippen LogP contribution is -2.03. The molecule has 2 aromatic rings. The van der Waals surface area contributed by atoms with Crippen molar-refractivity contribution < 1.29 is 5.11 Å². The fourth-order valence-corrected chi connectivity index (χ4v) is 3.01. The van der Waals surface area contributed by atoms with Gasteiger partial charge in [-0.3, -0.25) is 0 Å². The quantitative estimate of drug-likeness (QED) is 0.853. The number of rotatable bonds is 4. The van der Waals surface area contributed by atoms with E-state index in [1.807, 2.05) is 11.4 Å². The normalized spacial score (nSPS) is 14.5. The number of thiophene rings is 1. The summed E-state index contributed by atoms with van der Waals surface area (Å²) in [5, 5.41) is 12.3. The lowest BCUT2D eigenvalue weighted by molar-refractivity contribution is 0.162. The molecule has 0 radical (unpaired) electrons. The summed E-state index contributed by atoms with van der Waals surface area (Å²) in [5.41, 5.74) is 2.49. The van der Waals surface area contributed by atoms with E-state index in [0.717, 1.165) is 11.3 Å². The Bertz CT molecular complexity index is 461. The fourth-order valence-electron chi connectivity index (χ4n) is 2.09. The number of hydrogen-bond donors (Lipinski definition) is 1. The molecule has 90 valence electrons. The predicted molar refractivity (Wildman–Crippen MR) is 73.5 cm³/mol. The molecule has 2 heteroatoms. The van der Waals surface area contributed by atoms with Crippen molar-refractivity contribution in [3.05, 3.63) is 57.8 Å². The second-order valence-electron chi connectivity index (χ2n) is 4.53. The average Bonchev–Trinajstić information content (AvgIpc) is 2.76. The van der Waals surface area contributed by atoms with Crippen LogP contribution in [0, 0.1) is 6.92 Å². The minimum atomic E-state index is -0.342. The number of hydrogen-bond acceptors (Lipinski definition) is 2. The van der Waals surface area contributed by atoms with E-state index in [2.05, 4.69) is 44.2 Å². The van der Waals surface area contributed by atoms with E-state index in [-0.39, 0.29) is 6.10 Å². The Balaban J connectivity index is 2.05. The van der Waals surface area contributed by atoms with E-state index in [9.17, 15) is 5.11 Å². The Hall–Kier alpha value is -1.12. The van der Waals surface area contributed by atoms with Gasteiger partial charge in [0.25, 0.3) is 0 Å². The molecule has 17 heavy (non-hydrogen) atoms. The van der Waals surface area contributed by atoms with Gasteiger partial charge in [0.15, 0.2) is 0 Å². The van der Waals surface area contributed by atoms with Gasteiger partial charge in [0, 0.05) is 4.88 Å². The third-order valence-corrected chi connectivity index (χ3v) is 4.27. The van der Waals surface area contributed by atoms with Crippen LogP contribution in [0.5, 0.6) is 0 Å². The molecule has 0 saturated heterocycles. The average molecular weight is 246 g/mol. The van der Waals surface area contributed by atoms with E-state index in [1.165, 1.54) is 11.1 Å². The molecule has 1 N–H and O–H groups in total. The van der Waals surface area contributed by atoms with Crippen molar-refractivity contribution in [3.8, 4) is 0 Å². The minimum absolute atomic E-state index is 0.342. The van der Waals surface area contributed by atoms with Crippen molar-refractivity contribution in [1.82, 2.24) is 0 Å². The van der Waals surface area contributed by atoms with Gasteiger partial charge in [-0.2, -0.15) is 0 Å². The number of benzene rings is 1. The molecule has 2 rings (SSSR count). The summed E-state index contributed by atoms with van der Waals surface area (Å²) in [6.07, 6.45) is 0.441. The predicted octanol–water partition coefficient (Wildman–Crippen LogP) is 4.28. The SMILES string of the molecule is Cc1ccsc1C(O)CC(C)c1ccccc1. The first-order valence-corrected chi connectivity index (χ1v) is 6.83. The summed E-state index contributed by atoms with van der Waals surface area (Å²) in [6.45, 7) is 4.23. The molecule has 2 unspecified atom stereocenters. The molecule has 0 bridgehead atoms. The van der Waals surface area contributed by atoms with E-state index < -0.39 is 0 Å². The van der Waals surface area contributed by atoms with Crippen LogP contribution in [0.1, 0.15) is 41.4 Å². The number of aliphatic hydroxyl groups excluding tert-OH is 1. The van der Waals surface area contributed by atoms with Gasteiger partial charge in [0.05, 0.1) is 6.10 Å².